The molecular formula is C29H39N5O4. The first-order chi connectivity index (χ1) is 18.6. The van der Waals surface area contributed by atoms with Crippen molar-refractivity contribution in [1.82, 2.24) is 14.9 Å². The third kappa shape index (κ3) is 4.86. The fourth-order valence-electron chi connectivity index (χ4n) is 6.07. The number of carbonyl (C=O) groups is 1. The Balaban J connectivity index is 1.58. The molecule has 9 nitrogen and oxygen atoms in total. The Bertz CT molecular complexity index is 1240. The van der Waals surface area contributed by atoms with Gasteiger partial charge >= 0.3 is 0 Å². The number of carbonyl (C=O) groups excluding carboxylic acids is 1. The molecule has 204 valence electrons. The van der Waals surface area contributed by atoms with Crippen LogP contribution in [-0.2, 0) is 0 Å². The molecule has 0 unspecified atom stereocenters. The standard InChI is InChI=1S/C29H39N5O4/c1-5-13-32(14-6-2)27-20-18-25(36-3)26(37-4)19-21(20)30-29(31-27)34-16-15-33(22-10-7-8-11-23(22)34)28(35)24-12-9-17-38-24/h9,12,17-19,22-23H,5-8,10-11,13-16H2,1-4H3/t22-,23+/m0/s1. The number of aromatic nitrogens is 2. The van der Waals surface area contributed by atoms with E-state index in [9.17, 15) is 4.79 Å². The van der Waals surface area contributed by atoms with Gasteiger partial charge in [-0.1, -0.05) is 26.7 Å². The van der Waals surface area contributed by atoms with Crippen molar-refractivity contribution in [2.24, 2.45) is 0 Å². The van der Waals surface area contributed by atoms with Crippen LogP contribution in [0.4, 0.5) is 11.8 Å². The van der Waals surface area contributed by atoms with Gasteiger partial charge in [-0.3, -0.25) is 4.79 Å². The summed E-state index contributed by atoms with van der Waals surface area (Å²) < 4.78 is 16.7. The van der Waals surface area contributed by atoms with E-state index < -0.39 is 0 Å². The topological polar surface area (TPSA) is 84.2 Å². The average Bonchev–Trinajstić information content (AvgIpc) is 3.50. The first-order valence-electron chi connectivity index (χ1n) is 13.9. The molecule has 1 amide bonds. The van der Waals surface area contributed by atoms with E-state index in [2.05, 4.69) is 23.6 Å². The number of amides is 1. The number of ether oxygens (including phenoxy) is 2. The third-order valence-corrected chi connectivity index (χ3v) is 7.78. The lowest BCUT2D eigenvalue weighted by Crippen LogP contribution is -2.62. The molecule has 1 aliphatic carbocycles. The van der Waals surface area contributed by atoms with Crippen molar-refractivity contribution >= 4 is 28.6 Å². The largest absolute Gasteiger partial charge is 0.493 e. The first-order valence-corrected chi connectivity index (χ1v) is 13.9. The SMILES string of the molecule is CCCN(CCC)c1nc(N2CCN(C(=O)c3ccco3)[C@H]3CCCC[C@H]32)nc2cc(OC)c(OC)cc12. The summed E-state index contributed by atoms with van der Waals surface area (Å²) in [7, 11) is 3.30. The highest BCUT2D eigenvalue weighted by Crippen LogP contribution is 2.39. The molecule has 1 aromatic carbocycles. The van der Waals surface area contributed by atoms with Crippen molar-refractivity contribution in [3.63, 3.8) is 0 Å². The summed E-state index contributed by atoms with van der Waals surface area (Å²) in [6.45, 7) is 7.48. The van der Waals surface area contributed by atoms with E-state index in [0.29, 0.717) is 30.3 Å². The number of anilines is 2. The fourth-order valence-corrected chi connectivity index (χ4v) is 6.07. The fraction of sp³-hybridized carbons (Fsp3) is 0.552. The van der Waals surface area contributed by atoms with E-state index in [4.69, 9.17) is 23.9 Å². The predicted molar refractivity (Wildman–Crippen MR) is 149 cm³/mol. The molecule has 1 aliphatic heterocycles. The molecule has 0 bridgehead atoms. The number of furan rings is 1. The van der Waals surface area contributed by atoms with Crippen molar-refractivity contribution < 1.29 is 18.7 Å². The Hall–Kier alpha value is -3.49. The molecular weight excluding hydrogens is 482 g/mol. The number of methoxy groups -OCH3 is 2. The molecule has 0 spiro atoms. The maximum atomic E-state index is 13.3. The number of benzene rings is 1. The molecule has 2 aromatic heterocycles. The maximum absolute atomic E-state index is 13.3. The zero-order chi connectivity index (χ0) is 26.6. The van der Waals surface area contributed by atoms with Gasteiger partial charge in [-0.15, -0.1) is 0 Å². The van der Waals surface area contributed by atoms with Gasteiger partial charge in [0, 0.05) is 37.6 Å². The lowest BCUT2D eigenvalue weighted by molar-refractivity contribution is 0.0508. The number of hydrogen-bond donors (Lipinski definition) is 0. The second-order valence-electron chi connectivity index (χ2n) is 10.1. The highest BCUT2D eigenvalue weighted by atomic mass is 16.5. The molecule has 5 rings (SSSR count). The summed E-state index contributed by atoms with van der Waals surface area (Å²) in [4.78, 5) is 30.3. The Kier molecular flexibility index (Phi) is 7.90. The van der Waals surface area contributed by atoms with Gasteiger partial charge in [-0.25, -0.2) is 4.98 Å². The van der Waals surface area contributed by atoms with Crippen LogP contribution in [0.5, 0.6) is 11.5 Å². The van der Waals surface area contributed by atoms with Gasteiger partial charge in [0.2, 0.25) is 5.95 Å². The quantitative estimate of drug-likeness (QED) is 0.383. The van der Waals surface area contributed by atoms with Crippen molar-refractivity contribution in [1.29, 1.82) is 0 Å². The lowest BCUT2D eigenvalue weighted by atomic mass is 9.86. The van der Waals surface area contributed by atoms with E-state index in [0.717, 1.165) is 74.3 Å². The summed E-state index contributed by atoms with van der Waals surface area (Å²) in [6.07, 6.45) is 7.81. The number of fused-ring (bicyclic) bond motifs is 2. The lowest BCUT2D eigenvalue weighted by Gasteiger charge is -2.49. The van der Waals surface area contributed by atoms with E-state index in [1.165, 1.54) is 0 Å². The molecule has 9 heteroatoms. The number of nitrogens with zero attached hydrogens (tertiary/aromatic N) is 5. The van der Waals surface area contributed by atoms with Crippen LogP contribution in [0.1, 0.15) is 62.9 Å². The molecule has 38 heavy (non-hydrogen) atoms. The summed E-state index contributed by atoms with van der Waals surface area (Å²) in [5.74, 6) is 3.35. The smallest absolute Gasteiger partial charge is 0.289 e. The number of rotatable bonds is 9. The minimum atomic E-state index is -0.0273. The Morgan fingerprint density at radius 3 is 2.39 bits per heavy atom. The number of piperazine rings is 1. The summed E-state index contributed by atoms with van der Waals surface area (Å²) >= 11 is 0. The minimum absolute atomic E-state index is 0.0273. The van der Waals surface area contributed by atoms with E-state index >= 15 is 0 Å². The predicted octanol–water partition coefficient (Wildman–Crippen LogP) is 5.14. The average molecular weight is 522 g/mol. The van der Waals surface area contributed by atoms with E-state index in [1.807, 2.05) is 17.0 Å². The van der Waals surface area contributed by atoms with Gasteiger partial charge in [0.25, 0.3) is 5.91 Å². The molecule has 0 radical (unpaired) electrons. The molecule has 3 aromatic rings. The van der Waals surface area contributed by atoms with Crippen LogP contribution in [-0.4, -0.2) is 73.3 Å². The highest BCUT2D eigenvalue weighted by molar-refractivity contribution is 5.94. The van der Waals surface area contributed by atoms with Crippen molar-refractivity contribution in [2.45, 2.75) is 64.5 Å². The van der Waals surface area contributed by atoms with Gasteiger partial charge in [-0.2, -0.15) is 4.98 Å². The van der Waals surface area contributed by atoms with Gasteiger partial charge < -0.3 is 28.6 Å². The minimum Gasteiger partial charge on any atom is -0.493 e. The Morgan fingerprint density at radius 1 is 1.03 bits per heavy atom. The molecule has 1 saturated carbocycles. The van der Waals surface area contributed by atoms with Crippen LogP contribution in [0.3, 0.4) is 0 Å². The van der Waals surface area contributed by atoms with Gasteiger partial charge in [-0.05, 0) is 43.9 Å². The van der Waals surface area contributed by atoms with Crippen LogP contribution in [0.15, 0.2) is 34.9 Å². The first kappa shape index (κ1) is 26.1. The monoisotopic (exact) mass is 521 g/mol. The number of hydrogen-bond acceptors (Lipinski definition) is 8. The van der Waals surface area contributed by atoms with Crippen LogP contribution >= 0.6 is 0 Å². The van der Waals surface area contributed by atoms with Crippen LogP contribution in [0, 0.1) is 0 Å². The second kappa shape index (κ2) is 11.5. The summed E-state index contributed by atoms with van der Waals surface area (Å²) in [5, 5.41) is 0.958. The zero-order valence-corrected chi connectivity index (χ0v) is 23.0. The highest BCUT2D eigenvalue weighted by Gasteiger charge is 2.42. The third-order valence-electron chi connectivity index (χ3n) is 7.78. The van der Waals surface area contributed by atoms with Gasteiger partial charge in [0.15, 0.2) is 17.3 Å². The van der Waals surface area contributed by atoms with Gasteiger partial charge in [0.05, 0.1) is 38.1 Å². The van der Waals surface area contributed by atoms with Crippen molar-refractivity contribution in [2.75, 3.05) is 50.2 Å². The molecule has 0 N–H and O–H groups in total. The molecule has 1 saturated heterocycles. The molecule has 2 fully saturated rings. The van der Waals surface area contributed by atoms with Crippen molar-refractivity contribution in [3.05, 3.63) is 36.3 Å². The van der Waals surface area contributed by atoms with E-state index in [1.54, 1.807) is 32.6 Å². The Labute approximate surface area is 224 Å². The van der Waals surface area contributed by atoms with Gasteiger partial charge in [0.1, 0.15) is 5.82 Å². The Morgan fingerprint density at radius 2 is 1.74 bits per heavy atom. The molecule has 3 heterocycles. The maximum Gasteiger partial charge on any atom is 0.289 e. The molecule has 2 aliphatic rings. The summed E-state index contributed by atoms with van der Waals surface area (Å²) in [5.41, 5.74) is 0.835. The van der Waals surface area contributed by atoms with Crippen LogP contribution < -0.4 is 19.3 Å². The van der Waals surface area contributed by atoms with E-state index in [-0.39, 0.29) is 18.0 Å². The normalized spacial score (nSPS) is 19.4. The zero-order valence-electron chi connectivity index (χ0n) is 23.0. The summed E-state index contributed by atoms with van der Waals surface area (Å²) in [6, 6.07) is 7.73. The van der Waals surface area contributed by atoms with Crippen molar-refractivity contribution in [3.8, 4) is 11.5 Å². The van der Waals surface area contributed by atoms with Crippen LogP contribution in [0.2, 0.25) is 0 Å². The molecule has 2 atom stereocenters. The van der Waals surface area contributed by atoms with Crippen LogP contribution in [0.25, 0.3) is 10.9 Å². The second-order valence-corrected chi connectivity index (χ2v) is 10.1.